The minimum absolute atomic E-state index is 0.226. The van der Waals surface area contributed by atoms with E-state index in [-0.39, 0.29) is 6.67 Å². The van der Waals surface area contributed by atoms with E-state index in [0.717, 1.165) is 32.2 Å². The van der Waals surface area contributed by atoms with Gasteiger partial charge in [0, 0.05) is 18.6 Å². The van der Waals surface area contributed by atoms with Crippen LogP contribution in [0.15, 0.2) is 0 Å². The minimum atomic E-state index is -0.226. The van der Waals surface area contributed by atoms with Gasteiger partial charge in [0.2, 0.25) is 0 Å². The van der Waals surface area contributed by atoms with E-state index in [1.54, 1.807) is 0 Å². The van der Waals surface area contributed by atoms with Crippen LogP contribution in [0.1, 0.15) is 32.6 Å². The lowest BCUT2D eigenvalue weighted by atomic mass is 9.91. The van der Waals surface area contributed by atoms with E-state index in [0.29, 0.717) is 18.6 Å². The van der Waals surface area contributed by atoms with Crippen LogP contribution in [0, 0.1) is 0 Å². The number of halogens is 1. The average Bonchev–Trinajstić information content (AvgIpc) is 2.16. The predicted octanol–water partition coefficient (Wildman–Crippen LogP) is 1.55. The Kier molecular flexibility index (Phi) is 4.67. The standard InChI is InChI=1S/C10H21FN2/c1-2-13(8-7-11)10-5-3-9(12)4-6-10/h9-10H,2-8,12H2,1H3. The number of nitrogens with zero attached hydrogens (tertiary/aromatic N) is 1. The highest BCUT2D eigenvalue weighted by molar-refractivity contribution is 4.80. The van der Waals surface area contributed by atoms with Gasteiger partial charge in [0.05, 0.1) is 0 Å². The highest BCUT2D eigenvalue weighted by Gasteiger charge is 2.22. The first-order valence-corrected chi connectivity index (χ1v) is 5.33. The second-order valence-corrected chi connectivity index (χ2v) is 3.89. The van der Waals surface area contributed by atoms with Crippen molar-refractivity contribution >= 4 is 0 Å². The third kappa shape index (κ3) is 3.24. The van der Waals surface area contributed by atoms with E-state index in [4.69, 9.17) is 5.73 Å². The van der Waals surface area contributed by atoms with Gasteiger partial charge in [0.25, 0.3) is 0 Å². The Labute approximate surface area is 80.3 Å². The van der Waals surface area contributed by atoms with Crippen LogP contribution in [0.3, 0.4) is 0 Å². The monoisotopic (exact) mass is 188 g/mol. The number of hydrogen-bond donors (Lipinski definition) is 1. The summed E-state index contributed by atoms with van der Waals surface area (Å²) in [6.45, 7) is 3.43. The molecule has 0 bridgehead atoms. The second-order valence-electron chi connectivity index (χ2n) is 3.89. The van der Waals surface area contributed by atoms with E-state index in [1.807, 2.05) is 0 Å². The molecular formula is C10H21FN2. The van der Waals surface area contributed by atoms with Crippen LogP contribution in [0.5, 0.6) is 0 Å². The topological polar surface area (TPSA) is 29.3 Å². The Morgan fingerprint density at radius 1 is 1.31 bits per heavy atom. The Bertz CT molecular complexity index is 133. The molecule has 1 saturated carbocycles. The lowest BCUT2D eigenvalue weighted by Crippen LogP contribution is -2.41. The van der Waals surface area contributed by atoms with Crippen molar-refractivity contribution < 1.29 is 4.39 Å². The maximum Gasteiger partial charge on any atom is 0.102 e. The molecule has 0 radical (unpaired) electrons. The largest absolute Gasteiger partial charge is 0.328 e. The number of nitrogens with two attached hydrogens (primary N) is 1. The maximum absolute atomic E-state index is 12.2. The zero-order valence-electron chi connectivity index (χ0n) is 8.51. The SMILES string of the molecule is CCN(CCF)C1CCC(N)CC1. The summed E-state index contributed by atoms with van der Waals surface area (Å²) in [5.74, 6) is 0. The molecule has 78 valence electrons. The summed E-state index contributed by atoms with van der Waals surface area (Å²) in [7, 11) is 0. The van der Waals surface area contributed by atoms with Crippen LogP contribution in [-0.4, -0.2) is 36.7 Å². The number of rotatable bonds is 4. The van der Waals surface area contributed by atoms with Crippen LogP contribution in [0.2, 0.25) is 0 Å². The molecule has 0 aromatic rings. The first-order chi connectivity index (χ1) is 6.27. The third-order valence-corrected chi connectivity index (χ3v) is 3.04. The fourth-order valence-corrected chi connectivity index (χ4v) is 2.17. The fraction of sp³-hybridized carbons (Fsp3) is 1.00. The predicted molar refractivity (Wildman–Crippen MR) is 53.5 cm³/mol. The average molecular weight is 188 g/mol. The number of alkyl halides is 1. The fourth-order valence-electron chi connectivity index (χ4n) is 2.17. The summed E-state index contributed by atoms with van der Waals surface area (Å²) >= 11 is 0. The van der Waals surface area contributed by atoms with Crippen molar-refractivity contribution in [2.75, 3.05) is 19.8 Å². The molecule has 0 heterocycles. The molecule has 0 aromatic carbocycles. The van der Waals surface area contributed by atoms with Gasteiger partial charge in [-0.1, -0.05) is 6.92 Å². The highest BCUT2D eigenvalue weighted by Crippen LogP contribution is 2.21. The molecule has 2 nitrogen and oxygen atoms in total. The lowest BCUT2D eigenvalue weighted by molar-refractivity contribution is 0.146. The van der Waals surface area contributed by atoms with Crippen molar-refractivity contribution in [2.45, 2.75) is 44.7 Å². The molecular weight excluding hydrogens is 167 g/mol. The molecule has 2 N–H and O–H groups in total. The van der Waals surface area contributed by atoms with Crippen LogP contribution >= 0.6 is 0 Å². The molecule has 1 rings (SSSR count). The lowest BCUT2D eigenvalue weighted by Gasteiger charge is -2.34. The van der Waals surface area contributed by atoms with E-state index in [1.165, 1.54) is 0 Å². The van der Waals surface area contributed by atoms with Gasteiger partial charge in [-0.15, -0.1) is 0 Å². The van der Waals surface area contributed by atoms with Crippen molar-refractivity contribution in [3.05, 3.63) is 0 Å². The van der Waals surface area contributed by atoms with Crippen molar-refractivity contribution in [2.24, 2.45) is 5.73 Å². The zero-order valence-corrected chi connectivity index (χ0v) is 8.51. The first kappa shape index (κ1) is 10.9. The quantitative estimate of drug-likeness (QED) is 0.725. The summed E-state index contributed by atoms with van der Waals surface area (Å²) in [5.41, 5.74) is 5.82. The van der Waals surface area contributed by atoms with E-state index >= 15 is 0 Å². The van der Waals surface area contributed by atoms with Gasteiger partial charge in [0.15, 0.2) is 0 Å². The first-order valence-electron chi connectivity index (χ1n) is 5.33. The van der Waals surface area contributed by atoms with Crippen molar-refractivity contribution in [1.29, 1.82) is 0 Å². The third-order valence-electron chi connectivity index (χ3n) is 3.04. The molecule has 0 aliphatic heterocycles. The molecule has 1 aliphatic rings. The molecule has 0 aromatic heterocycles. The molecule has 0 unspecified atom stereocenters. The van der Waals surface area contributed by atoms with Crippen LogP contribution < -0.4 is 5.73 Å². The Morgan fingerprint density at radius 3 is 2.38 bits per heavy atom. The Hall–Kier alpha value is -0.150. The molecule has 1 fully saturated rings. The Balaban J connectivity index is 2.32. The van der Waals surface area contributed by atoms with Crippen molar-refractivity contribution in [3.8, 4) is 0 Å². The van der Waals surface area contributed by atoms with E-state index in [9.17, 15) is 4.39 Å². The van der Waals surface area contributed by atoms with Gasteiger partial charge < -0.3 is 5.73 Å². The van der Waals surface area contributed by atoms with Gasteiger partial charge in [-0.3, -0.25) is 4.90 Å². The summed E-state index contributed by atoms with van der Waals surface area (Å²) < 4.78 is 12.2. The smallest absolute Gasteiger partial charge is 0.102 e. The molecule has 0 amide bonds. The van der Waals surface area contributed by atoms with Gasteiger partial charge in [0.1, 0.15) is 6.67 Å². The van der Waals surface area contributed by atoms with Crippen molar-refractivity contribution in [3.63, 3.8) is 0 Å². The molecule has 0 atom stereocenters. The van der Waals surface area contributed by atoms with E-state index in [2.05, 4.69) is 11.8 Å². The highest BCUT2D eigenvalue weighted by atomic mass is 19.1. The zero-order chi connectivity index (χ0) is 9.68. The maximum atomic E-state index is 12.2. The van der Waals surface area contributed by atoms with Gasteiger partial charge in [-0.2, -0.15) is 0 Å². The molecule has 0 saturated heterocycles. The Morgan fingerprint density at radius 2 is 1.92 bits per heavy atom. The van der Waals surface area contributed by atoms with Gasteiger partial charge >= 0.3 is 0 Å². The second kappa shape index (κ2) is 5.55. The molecule has 13 heavy (non-hydrogen) atoms. The van der Waals surface area contributed by atoms with E-state index < -0.39 is 0 Å². The summed E-state index contributed by atoms with van der Waals surface area (Å²) in [4.78, 5) is 2.24. The van der Waals surface area contributed by atoms with Crippen LogP contribution in [-0.2, 0) is 0 Å². The number of hydrogen-bond acceptors (Lipinski definition) is 2. The summed E-state index contributed by atoms with van der Waals surface area (Å²) in [6.07, 6.45) is 4.50. The van der Waals surface area contributed by atoms with Gasteiger partial charge in [-0.05, 0) is 32.2 Å². The van der Waals surface area contributed by atoms with Gasteiger partial charge in [-0.25, -0.2) is 4.39 Å². The minimum Gasteiger partial charge on any atom is -0.328 e. The summed E-state index contributed by atoms with van der Waals surface area (Å²) in [6, 6.07) is 0.973. The molecule has 0 spiro atoms. The summed E-state index contributed by atoms with van der Waals surface area (Å²) in [5, 5.41) is 0. The molecule has 3 heteroatoms. The van der Waals surface area contributed by atoms with Crippen molar-refractivity contribution in [1.82, 2.24) is 4.90 Å². The van der Waals surface area contributed by atoms with Crippen LogP contribution in [0.4, 0.5) is 4.39 Å². The molecule has 1 aliphatic carbocycles. The normalized spacial score (nSPS) is 29.5. The van der Waals surface area contributed by atoms with Crippen LogP contribution in [0.25, 0.3) is 0 Å².